The molecule has 7 aliphatic rings. The lowest BCUT2D eigenvalue weighted by Gasteiger charge is -2.38. The summed E-state index contributed by atoms with van der Waals surface area (Å²) in [7, 11) is 1.97. The van der Waals surface area contributed by atoms with Gasteiger partial charge in [0.15, 0.2) is 11.2 Å². The Morgan fingerprint density at radius 1 is 0.759 bits per heavy atom. The zero-order valence-corrected chi connectivity index (χ0v) is 37.5. The van der Waals surface area contributed by atoms with Crippen molar-refractivity contribution in [2.75, 3.05) is 33.2 Å². The highest BCUT2D eigenvalue weighted by atomic mass is 32.2. The second kappa shape index (κ2) is 16.0. The zero-order valence-electron chi connectivity index (χ0n) is 36.7. The predicted molar refractivity (Wildman–Crippen MR) is 224 cm³/mol. The van der Waals surface area contributed by atoms with Gasteiger partial charge < -0.3 is 20.9 Å². The fourth-order valence-corrected chi connectivity index (χ4v) is 13.6. The Balaban J connectivity index is 1.15. The molecule has 0 radical (unpaired) electrons. The minimum Gasteiger partial charge on any atom is -0.343 e. The lowest BCUT2D eigenvalue weighted by Crippen LogP contribution is -2.63. The van der Waals surface area contributed by atoms with Crippen molar-refractivity contribution in [2.45, 2.75) is 174 Å². The Morgan fingerprint density at radius 3 is 1.95 bits per heavy atom. The molecule has 3 saturated heterocycles. The number of piperidine rings is 1. The first kappa shape index (κ1) is 43.5. The molecule has 4 aliphatic carbocycles. The van der Waals surface area contributed by atoms with E-state index in [1.165, 1.54) is 0 Å². The summed E-state index contributed by atoms with van der Waals surface area (Å²) in [6, 6.07) is -2.86. The lowest BCUT2D eigenvalue weighted by atomic mass is 9.73. The third-order valence-electron chi connectivity index (χ3n) is 16.6. The fraction of sp³-hybridized carbons (Fsp3) is 0.886. The van der Waals surface area contributed by atoms with Crippen LogP contribution in [0.3, 0.4) is 0 Å². The topological polar surface area (TPSA) is 160 Å². The van der Waals surface area contributed by atoms with Gasteiger partial charge in [-0.1, -0.05) is 80.6 Å². The predicted octanol–water partition coefficient (Wildman–Crippen LogP) is 4.19. The monoisotopic (exact) mass is 828 g/mol. The Kier molecular flexibility index (Phi) is 12.0. The van der Waals surface area contributed by atoms with Gasteiger partial charge in [-0.3, -0.25) is 33.6 Å². The highest BCUT2D eigenvalue weighted by molar-refractivity contribution is 7.81. The van der Waals surface area contributed by atoms with E-state index < -0.39 is 46.2 Å². The molecule has 7 fully saturated rings. The van der Waals surface area contributed by atoms with E-state index in [1.807, 2.05) is 41.7 Å². The number of nitrogens with one attached hydrogen (secondary N) is 4. The molecule has 0 aromatic rings. The minimum atomic E-state index is -1.69. The molecule has 0 aromatic heterocycles. The van der Waals surface area contributed by atoms with Gasteiger partial charge >= 0.3 is 0 Å². The maximum absolute atomic E-state index is 15.3. The van der Waals surface area contributed by atoms with Crippen LogP contribution >= 0.6 is 0 Å². The van der Waals surface area contributed by atoms with E-state index in [2.05, 4.69) is 39.4 Å². The van der Waals surface area contributed by atoms with Crippen molar-refractivity contribution in [2.24, 2.45) is 39.4 Å². The summed E-state index contributed by atoms with van der Waals surface area (Å²) in [6.45, 7) is 17.0. The van der Waals surface area contributed by atoms with E-state index in [0.29, 0.717) is 32.5 Å². The van der Waals surface area contributed by atoms with Crippen LogP contribution in [0.5, 0.6) is 0 Å². The number of likely N-dealkylation sites (tertiary alicyclic amines) is 2. The van der Waals surface area contributed by atoms with Crippen LogP contribution in [-0.2, 0) is 35.1 Å². The SMILES string of the molecule is CC(C)C1CC1(NC(=O)C1CC2(CN1C(=O)C(NC(=O)C(NC(=O)C1CCCCN1C)C1CCCCC1)C(C)(C)C)C(C)(C)C21CCC1)C(=O)NS(=O)N1CCCC1. The third-order valence-corrected chi connectivity index (χ3v) is 17.8. The smallest absolute Gasteiger partial charge is 0.258 e. The van der Waals surface area contributed by atoms with Gasteiger partial charge in [-0.25, -0.2) is 8.51 Å². The van der Waals surface area contributed by atoms with Gasteiger partial charge in [-0.2, -0.15) is 0 Å². The van der Waals surface area contributed by atoms with Crippen molar-refractivity contribution in [3.8, 4) is 0 Å². The second-order valence-electron chi connectivity index (χ2n) is 21.3. The van der Waals surface area contributed by atoms with Gasteiger partial charge in [0.2, 0.25) is 23.6 Å². The summed E-state index contributed by atoms with van der Waals surface area (Å²) in [5.74, 6) is -1.66. The number of fused-ring (bicyclic) bond motifs is 1. The summed E-state index contributed by atoms with van der Waals surface area (Å²) < 4.78 is 17.7. The molecule has 14 heteroatoms. The Hall–Kier alpha value is -2.58. The number of carbonyl (C=O) groups is 5. The number of rotatable bonds is 12. The molecule has 7 rings (SSSR count). The summed E-state index contributed by atoms with van der Waals surface area (Å²) in [4.78, 5) is 76.4. The van der Waals surface area contributed by atoms with Crippen molar-refractivity contribution in [1.82, 2.24) is 34.8 Å². The third kappa shape index (κ3) is 7.44. The molecule has 0 aromatic carbocycles. The fourth-order valence-electron chi connectivity index (χ4n) is 12.6. The largest absolute Gasteiger partial charge is 0.343 e. The van der Waals surface area contributed by atoms with Crippen molar-refractivity contribution in [3.05, 3.63) is 0 Å². The summed E-state index contributed by atoms with van der Waals surface area (Å²) in [5, 5.41) is 9.54. The normalized spacial score (nSPS) is 33.6. The molecule has 8 unspecified atom stereocenters. The standard InChI is InChI=1S/C44H73N7O6S/c1-28(2)30-25-44(30,39(56)48-58(57)50-23-14-15-24-50)47-36(53)32-26-43(41(6,7)42(43)20-16-21-42)27-51(32)38(55)34(40(3,4)5)46-37(54)33(29-17-10-9-11-18-29)45-35(52)31-19-12-13-22-49(31)8/h28-34H,9-27H2,1-8H3,(H,45,52)(H,46,54)(H,47,53)(H,48,56). The van der Waals surface area contributed by atoms with Crippen LogP contribution in [0.1, 0.15) is 145 Å². The molecule has 58 heavy (non-hydrogen) atoms. The van der Waals surface area contributed by atoms with Gasteiger partial charge in [0.05, 0.1) is 6.04 Å². The van der Waals surface area contributed by atoms with Crippen LogP contribution in [-0.4, -0.2) is 111 Å². The van der Waals surface area contributed by atoms with Crippen molar-refractivity contribution < 1.29 is 28.2 Å². The first-order chi connectivity index (χ1) is 27.3. The van der Waals surface area contributed by atoms with Crippen molar-refractivity contribution in [3.63, 3.8) is 0 Å². The van der Waals surface area contributed by atoms with E-state index in [-0.39, 0.29) is 63.7 Å². The average Bonchev–Trinajstić information content (AvgIpc) is 3.65. The molecule has 4 N–H and O–H groups in total. The molecule has 0 bridgehead atoms. The highest BCUT2D eigenvalue weighted by Gasteiger charge is 2.85. The summed E-state index contributed by atoms with van der Waals surface area (Å²) in [5.41, 5.74) is -2.25. The Bertz CT molecular complexity index is 1650. The minimum absolute atomic E-state index is 0.0313. The summed E-state index contributed by atoms with van der Waals surface area (Å²) in [6.07, 6.45) is 13.5. The molecular formula is C44H73N7O6S. The first-order valence-corrected chi connectivity index (χ1v) is 23.8. The van der Waals surface area contributed by atoms with E-state index in [9.17, 15) is 23.4 Å². The van der Waals surface area contributed by atoms with Gasteiger partial charge in [-0.15, -0.1) is 0 Å². The van der Waals surface area contributed by atoms with E-state index in [4.69, 9.17) is 0 Å². The maximum atomic E-state index is 15.3. The van der Waals surface area contributed by atoms with Crippen LogP contribution in [0, 0.1) is 39.4 Å². The number of likely N-dealkylation sites (N-methyl/N-ethyl adjacent to an activating group) is 1. The van der Waals surface area contributed by atoms with Crippen LogP contribution < -0.4 is 20.7 Å². The van der Waals surface area contributed by atoms with Gasteiger partial charge in [0.1, 0.15) is 23.7 Å². The molecule has 8 atom stereocenters. The molecule has 13 nitrogen and oxygen atoms in total. The van der Waals surface area contributed by atoms with Crippen LogP contribution in [0.15, 0.2) is 0 Å². The van der Waals surface area contributed by atoms with E-state index >= 15 is 4.79 Å². The molecule has 4 saturated carbocycles. The molecule has 326 valence electrons. The molecule has 5 amide bonds. The number of hydrogen-bond acceptors (Lipinski definition) is 7. The number of amides is 5. The van der Waals surface area contributed by atoms with Crippen molar-refractivity contribution >= 4 is 40.7 Å². The molecular weight excluding hydrogens is 755 g/mol. The van der Waals surface area contributed by atoms with Crippen LogP contribution in [0.2, 0.25) is 0 Å². The number of nitrogens with zero attached hydrogens (tertiary/aromatic N) is 3. The van der Waals surface area contributed by atoms with E-state index in [1.54, 1.807) is 9.21 Å². The quantitative estimate of drug-likeness (QED) is 0.230. The Labute approximate surface area is 349 Å². The lowest BCUT2D eigenvalue weighted by molar-refractivity contribution is -0.145. The van der Waals surface area contributed by atoms with Crippen LogP contribution in [0.4, 0.5) is 0 Å². The molecule has 2 spiro atoms. The van der Waals surface area contributed by atoms with Crippen LogP contribution in [0.25, 0.3) is 0 Å². The van der Waals surface area contributed by atoms with E-state index in [0.717, 1.165) is 90.0 Å². The number of hydrogen-bond donors (Lipinski definition) is 4. The molecule has 3 heterocycles. The molecule has 3 aliphatic heterocycles. The Morgan fingerprint density at radius 2 is 1.40 bits per heavy atom. The van der Waals surface area contributed by atoms with Crippen molar-refractivity contribution in [1.29, 1.82) is 0 Å². The first-order valence-electron chi connectivity index (χ1n) is 22.7. The maximum Gasteiger partial charge on any atom is 0.258 e. The highest BCUT2D eigenvalue weighted by Crippen LogP contribution is 2.88. The second-order valence-corrected chi connectivity index (χ2v) is 22.6. The number of carbonyl (C=O) groups excluding carboxylic acids is 5. The average molecular weight is 828 g/mol. The zero-order chi connectivity index (χ0) is 42.0. The van der Waals surface area contributed by atoms with Gasteiger partial charge in [0, 0.05) is 25.0 Å². The van der Waals surface area contributed by atoms with Gasteiger partial charge in [0.25, 0.3) is 5.91 Å². The summed E-state index contributed by atoms with van der Waals surface area (Å²) >= 11 is -1.69. The van der Waals surface area contributed by atoms with Gasteiger partial charge in [-0.05, 0) is 112 Å².